The van der Waals surface area contributed by atoms with Crippen molar-refractivity contribution >= 4 is 55.7 Å². The topological polar surface area (TPSA) is 89.9 Å². The minimum Gasteiger partial charge on any atom is -0.497 e. The number of carbonyl (C=O) groups excluding carboxylic acids is 1. The molecule has 0 bridgehead atoms. The fraction of sp³-hybridized carbons (Fsp3) is 0.318. The Bertz CT molecular complexity index is 1220. The molecule has 1 amide bonds. The van der Waals surface area contributed by atoms with Crippen LogP contribution < -0.4 is 10.1 Å². The van der Waals surface area contributed by atoms with Gasteiger partial charge in [0.1, 0.15) is 26.9 Å². The van der Waals surface area contributed by atoms with Gasteiger partial charge < -0.3 is 4.74 Å². The predicted molar refractivity (Wildman–Crippen MR) is 132 cm³/mol. The first-order valence-corrected chi connectivity index (χ1v) is 12.7. The molecule has 0 saturated carbocycles. The van der Waals surface area contributed by atoms with Crippen LogP contribution in [-0.4, -0.2) is 38.4 Å². The molecule has 0 aliphatic carbocycles. The summed E-state index contributed by atoms with van der Waals surface area (Å²) in [5, 5.41) is 16.1. The number of nitrogens with zero attached hydrogens (tertiary/aromatic N) is 4. The number of anilines is 1. The monoisotopic (exact) mass is 485 g/mol. The number of ether oxygens (including phenoxy) is 1. The number of thiophene rings is 1. The van der Waals surface area contributed by atoms with Crippen LogP contribution in [0.4, 0.5) is 5.13 Å². The first-order valence-electron chi connectivity index (χ1n) is 10.2. The van der Waals surface area contributed by atoms with Gasteiger partial charge >= 0.3 is 0 Å². The molecule has 0 aliphatic rings. The van der Waals surface area contributed by atoms with E-state index in [1.807, 2.05) is 31.2 Å². The number of nitrogens with one attached hydrogen (secondary N) is 1. The number of methoxy groups -OCH3 is 1. The lowest BCUT2D eigenvalue weighted by Crippen LogP contribution is -2.24. The number of amides is 1. The molecular weight excluding hydrogens is 462 g/mol. The van der Waals surface area contributed by atoms with Gasteiger partial charge in [0.05, 0.1) is 17.7 Å². The lowest BCUT2D eigenvalue weighted by molar-refractivity contribution is -0.115. The SMILES string of the molecule is CCC(Sc1ncnc2scc(-c3ccc(OC)cc3)c12)C(=O)Nc1nnc(C(C)C)s1. The van der Waals surface area contributed by atoms with Crippen molar-refractivity contribution < 1.29 is 9.53 Å². The summed E-state index contributed by atoms with van der Waals surface area (Å²) in [6.45, 7) is 6.10. The van der Waals surface area contributed by atoms with Crippen LogP contribution in [0.15, 0.2) is 41.0 Å². The molecule has 32 heavy (non-hydrogen) atoms. The van der Waals surface area contributed by atoms with Crippen molar-refractivity contribution in [2.45, 2.75) is 43.4 Å². The highest BCUT2D eigenvalue weighted by Gasteiger charge is 2.23. The average Bonchev–Trinajstić information content (AvgIpc) is 3.45. The second-order valence-electron chi connectivity index (χ2n) is 7.34. The normalized spacial score (nSPS) is 12.3. The number of carbonyl (C=O) groups is 1. The quantitative estimate of drug-likeness (QED) is 0.247. The van der Waals surface area contributed by atoms with Gasteiger partial charge in [-0.2, -0.15) is 0 Å². The van der Waals surface area contributed by atoms with E-state index in [9.17, 15) is 4.79 Å². The Labute approximate surface area is 198 Å². The second kappa shape index (κ2) is 9.93. The van der Waals surface area contributed by atoms with Gasteiger partial charge in [-0.25, -0.2) is 9.97 Å². The van der Waals surface area contributed by atoms with Gasteiger partial charge in [-0.15, -0.1) is 21.5 Å². The maximum atomic E-state index is 13.0. The highest BCUT2D eigenvalue weighted by Crippen LogP contribution is 2.40. The Hall–Kier alpha value is -2.56. The standard InChI is InChI=1S/C22H23N5O2S3/c1-5-16(18(28)25-22-27-26-19(32-22)12(2)3)31-21-17-15(10-30-20(17)23-11-24-21)13-6-8-14(29-4)9-7-13/h6-12,16H,5H2,1-4H3,(H,25,27,28). The molecule has 0 spiro atoms. The third-order valence-corrected chi connectivity index (χ3v) is 8.21. The van der Waals surface area contributed by atoms with E-state index in [0.29, 0.717) is 11.6 Å². The number of fused-ring (bicyclic) bond motifs is 1. The van der Waals surface area contributed by atoms with Crippen LogP contribution in [0.1, 0.15) is 38.1 Å². The Kier molecular flexibility index (Phi) is 7.02. The Balaban J connectivity index is 1.60. The zero-order valence-electron chi connectivity index (χ0n) is 18.2. The van der Waals surface area contributed by atoms with Crippen molar-refractivity contribution in [2.75, 3.05) is 12.4 Å². The number of benzene rings is 1. The van der Waals surface area contributed by atoms with Gasteiger partial charge in [-0.3, -0.25) is 10.1 Å². The Morgan fingerprint density at radius 2 is 1.97 bits per heavy atom. The van der Waals surface area contributed by atoms with Crippen molar-refractivity contribution in [3.63, 3.8) is 0 Å². The largest absolute Gasteiger partial charge is 0.497 e. The van der Waals surface area contributed by atoms with Gasteiger partial charge in [0.2, 0.25) is 11.0 Å². The van der Waals surface area contributed by atoms with E-state index < -0.39 is 0 Å². The molecule has 7 nitrogen and oxygen atoms in total. The summed E-state index contributed by atoms with van der Waals surface area (Å²) in [5.74, 6) is 0.981. The smallest absolute Gasteiger partial charge is 0.239 e. The van der Waals surface area contributed by atoms with Crippen LogP contribution >= 0.6 is 34.4 Å². The van der Waals surface area contributed by atoms with Crippen molar-refractivity contribution in [3.05, 3.63) is 41.0 Å². The predicted octanol–water partition coefficient (Wildman–Crippen LogP) is 5.85. The molecule has 1 N–H and O–H groups in total. The van der Waals surface area contributed by atoms with E-state index in [4.69, 9.17) is 4.74 Å². The van der Waals surface area contributed by atoms with Gasteiger partial charge in [0, 0.05) is 16.9 Å². The molecule has 3 heterocycles. The van der Waals surface area contributed by atoms with Crippen molar-refractivity contribution in [1.82, 2.24) is 20.2 Å². The molecule has 0 aliphatic heterocycles. The van der Waals surface area contributed by atoms with Gasteiger partial charge in [-0.1, -0.05) is 56.0 Å². The molecule has 3 aromatic heterocycles. The van der Waals surface area contributed by atoms with E-state index >= 15 is 0 Å². The minimum atomic E-state index is -0.317. The highest BCUT2D eigenvalue weighted by molar-refractivity contribution is 8.00. The summed E-state index contributed by atoms with van der Waals surface area (Å²) in [5.41, 5.74) is 2.11. The first kappa shape index (κ1) is 22.6. The lowest BCUT2D eigenvalue weighted by atomic mass is 10.1. The molecule has 166 valence electrons. The molecule has 0 saturated heterocycles. The highest BCUT2D eigenvalue weighted by atomic mass is 32.2. The summed E-state index contributed by atoms with van der Waals surface area (Å²) in [6, 6.07) is 7.91. The molecule has 1 atom stereocenters. The van der Waals surface area contributed by atoms with E-state index in [1.165, 1.54) is 23.1 Å². The summed E-state index contributed by atoms with van der Waals surface area (Å²) in [6.07, 6.45) is 2.21. The molecule has 0 radical (unpaired) electrons. The van der Waals surface area contributed by atoms with Crippen molar-refractivity contribution in [2.24, 2.45) is 0 Å². The van der Waals surface area contributed by atoms with Gasteiger partial charge in [-0.05, 0) is 24.1 Å². The van der Waals surface area contributed by atoms with Crippen LogP contribution in [0, 0.1) is 0 Å². The fourth-order valence-corrected chi connectivity index (χ4v) is 5.85. The van der Waals surface area contributed by atoms with Crippen molar-refractivity contribution in [3.8, 4) is 16.9 Å². The Morgan fingerprint density at radius 3 is 2.62 bits per heavy atom. The fourth-order valence-electron chi connectivity index (χ4n) is 3.08. The number of hydrogen-bond acceptors (Lipinski definition) is 9. The first-order chi connectivity index (χ1) is 15.5. The summed E-state index contributed by atoms with van der Waals surface area (Å²) < 4.78 is 5.28. The van der Waals surface area contributed by atoms with Crippen LogP contribution in [0.25, 0.3) is 21.3 Å². The number of thioether (sulfide) groups is 1. The molecule has 10 heteroatoms. The second-order valence-corrected chi connectivity index (χ2v) is 10.4. The van der Waals surface area contributed by atoms with Crippen LogP contribution in [-0.2, 0) is 4.79 Å². The number of hydrogen-bond donors (Lipinski definition) is 1. The van der Waals surface area contributed by atoms with Gasteiger partial charge in [0.15, 0.2) is 0 Å². The maximum absolute atomic E-state index is 13.0. The zero-order valence-corrected chi connectivity index (χ0v) is 20.6. The summed E-state index contributed by atoms with van der Waals surface area (Å²) in [4.78, 5) is 22.8. The summed E-state index contributed by atoms with van der Waals surface area (Å²) in [7, 11) is 1.65. The lowest BCUT2D eigenvalue weighted by Gasteiger charge is -2.14. The third-order valence-electron chi connectivity index (χ3n) is 4.82. The van der Waals surface area contributed by atoms with Crippen molar-refractivity contribution in [1.29, 1.82) is 0 Å². The number of rotatable bonds is 8. The average molecular weight is 486 g/mol. The Morgan fingerprint density at radius 1 is 1.19 bits per heavy atom. The van der Waals surface area contributed by atoms with E-state index in [-0.39, 0.29) is 17.1 Å². The van der Waals surface area contributed by atoms with Crippen LogP contribution in [0.2, 0.25) is 0 Å². The molecule has 4 rings (SSSR count). The molecule has 0 fully saturated rings. The van der Waals surface area contributed by atoms with Crippen LogP contribution in [0.3, 0.4) is 0 Å². The minimum absolute atomic E-state index is 0.100. The van der Waals surface area contributed by atoms with E-state index in [0.717, 1.165) is 37.1 Å². The summed E-state index contributed by atoms with van der Waals surface area (Å²) >= 11 is 4.44. The third kappa shape index (κ3) is 4.77. The van der Waals surface area contributed by atoms with E-state index in [1.54, 1.807) is 24.8 Å². The maximum Gasteiger partial charge on any atom is 0.239 e. The van der Waals surface area contributed by atoms with Gasteiger partial charge in [0.25, 0.3) is 0 Å². The molecule has 1 unspecified atom stereocenters. The molecular formula is C22H23N5O2S3. The molecule has 4 aromatic rings. The van der Waals surface area contributed by atoms with Crippen LogP contribution in [0.5, 0.6) is 5.75 Å². The van der Waals surface area contributed by atoms with E-state index in [2.05, 4.69) is 44.7 Å². The number of aromatic nitrogens is 4. The molecule has 1 aromatic carbocycles. The zero-order chi connectivity index (χ0) is 22.7.